The van der Waals surface area contributed by atoms with E-state index in [0.29, 0.717) is 21.9 Å². The second kappa shape index (κ2) is 7.93. The molecule has 0 saturated carbocycles. The molecule has 0 fully saturated rings. The standard InChI is InChI=1S/C24H17N3O2S/c28-23-21(30-24-25-22(26-27(23)24)19-11-5-2-6-12-19)15-18-10-7-13-20(14-18)29-16-17-8-3-1-4-9-17/h1-15H,16H2/b21-15-. The fourth-order valence-electron chi connectivity index (χ4n) is 3.13. The molecule has 0 aliphatic rings. The molecule has 0 spiro atoms. The highest BCUT2D eigenvalue weighted by Gasteiger charge is 2.11. The van der Waals surface area contributed by atoms with E-state index < -0.39 is 0 Å². The Balaban J connectivity index is 1.42. The molecule has 0 saturated heterocycles. The van der Waals surface area contributed by atoms with Gasteiger partial charge in [-0.1, -0.05) is 84.1 Å². The van der Waals surface area contributed by atoms with Crippen LogP contribution in [0.2, 0.25) is 0 Å². The number of thiazole rings is 1. The van der Waals surface area contributed by atoms with E-state index in [9.17, 15) is 4.79 Å². The van der Waals surface area contributed by atoms with E-state index in [1.807, 2.05) is 91.0 Å². The minimum atomic E-state index is -0.166. The summed E-state index contributed by atoms with van der Waals surface area (Å²) in [6, 6.07) is 27.4. The third-order valence-corrected chi connectivity index (χ3v) is 5.58. The van der Waals surface area contributed by atoms with Gasteiger partial charge < -0.3 is 4.74 Å². The van der Waals surface area contributed by atoms with Gasteiger partial charge in [0.05, 0.1) is 4.53 Å². The molecule has 5 aromatic rings. The lowest BCUT2D eigenvalue weighted by Gasteiger charge is -2.06. The van der Waals surface area contributed by atoms with Crippen LogP contribution in [0.5, 0.6) is 5.75 Å². The van der Waals surface area contributed by atoms with E-state index in [2.05, 4.69) is 10.1 Å². The molecule has 2 heterocycles. The van der Waals surface area contributed by atoms with E-state index in [-0.39, 0.29) is 5.56 Å². The van der Waals surface area contributed by atoms with E-state index >= 15 is 0 Å². The van der Waals surface area contributed by atoms with Crippen molar-refractivity contribution in [3.63, 3.8) is 0 Å². The van der Waals surface area contributed by atoms with E-state index in [1.165, 1.54) is 15.9 Å². The zero-order chi connectivity index (χ0) is 20.3. The van der Waals surface area contributed by atoms with Gasteiger partial charge >= 0.3 is 0 Å². The Morgan fingerprint density at radius 2 is 1.70 bits per heavy atom. The molecule has 0 amide bonds. The van der Waals surface area contributed by atoms with Gasteiger partial charge in [0.25, 0.3) is 5.56 Å². The van der Waals surface area contributed by atoms with Crippen LogP contribution in [0, 0.1) is 0 Å². The van der Waals surface area contributed by atoms with E-state index in [4.69, 9.17) is 4.74 Å². The Labute approximate surface area is 176 Å². The molecule has 0 radical (unpaired) electrons. The molecule has 0 unspecified atom stereocenters. The van der Waals surface area contributed by atoms with Crippen LogP contribution in [0.15, 0.2) is 89.7 Å². The fourth-order valence-corrected chi connectivity index (χ4v) is 4.04. The summed E-state index contributed by atoms with van der Waals surface area (Å²) in [6.45, 7) is 0.496. The van der Waals surface area contributed by atoms with Crippen molar-refractivity contribution in [3.8, 4) is 17.1 Å². The molecule has 30 heavy (non-hydrogen) atoms. The lowest BCUT2D eigenvalue weighted by atomic mass is 10.2. The van der Waals surface area contributed by atoms with Gasteiger partial charge in [0.15, 0.2) is 5.82 Å². The SMILES string of the molecule is O=c1/c(=C/c2cccc(OCc3ccccc3)c2)sc2nc(-c3ccccc3)nn12. The molecule has 0 aliphatic heterocycles. The molecule has 0 atom stereocenters. The van der Waals surface area contributed by atoms with Crippen LogP contribution in [0.25, 0.3) is 22.4 Å². The third kappa shape index (κ3) is 3.73. The predicted octanol–water partition coefficient (Wildman–Crippen LogP) is 3.94. The molecular weight excluding hydrogens is 394 g/mol. The topological polar surface area (TPSA) is 56.5 Å². The predicted molar refractivity (Wildman–Crippen MR) is 119 cm³/mol. The molecular formula is C24H17N3O2S. The van der Waals surface area contributed by atoms with Crippen LogP contribution in [0.1, 0.15) is 11.1 Å². The first kappa shape index (κ1) is 18.3. The number of hydrogen-bond donors (Lipinski definition) is 0. The van der Waals surface area contributed by atoms with Crippen molar-refractivity contribution >= 4 is 22.4 Å². The van der Waals surface area contributed by atoms with Crippen molar-refractivity contribution in [3.05, 3.63) is 111 Å². The number of ether oxygens (including phenoxy) is 1. The summed E-state index contributed by atoms with van der Waals surface area (Å²) in [6.07, 6.45) is 1.85. The minimum Gasteiger partial charge on any atom is -0.489 e. The maximum atomic E-state index is 12.8. The molecule has 146 valence electrons. The normalized spacial score (nSPS) is 11.8. The Bertz CT molecular complexity index is 1410. The Kier molecular flexibility index (Phi) is 4.83. The number of rotatable bonds is 5. The minimum absolute atomic E-state index is 0.166. The molecule has 3 aromatic carbocycles. The largest absolute Gasteiger partial charge is 0.489 e. The van der Waals surface area contributed by atoms with E-state index in [0.717, 1.165) is 22.4 Å². The van der Waals surface area contributed by atoms with Crippen molar-refractivity contribution in [2.45, 2.75) is 6.61 Å². The third-order valence-electron chi connectivity index (χ3n) is 4.62. The fraction of sp³-hybridized carbons (Fsp3) is 0.0417. The maximum absolute atomic E-state index is 12.8. The summed E-state index contributed by atoms with van der Waals surface area (Å²) < 4.78 is 7.84. The summed E-state index contributed by atoms with van der Waals surface area (Å²) in [5.74, 6) is 1.31. The van der Waals surface area contributed by atoms with Gasteiger partial charge in [0.2, 0.25) is 4.96 Å². The molecule has 2 aromatic heterocycles. The Morgan fingerprint density at radius 3 is 2.47 bits per heavy atom. The monoisotopic (exact) mass is 411 g/mol. The summed E-state index contributed by atoms with van der Waals surface area (Å²) >= 11 is 1.33. The Hall–Kier alpha value is -3.77. The highest BCUT2D eigenvalue weighted by atomic mass is 32.1. The average Bonchev–Trinajstić information content (AvgIpc) is 3.33. The molecule has 0 N–H and O–H groups in total. The number of hydrogen-bond acceptors (Lipinski definition) is 5. The van der Waals surface area contributed by atoms with Crippen molar-refractivity contribution in [2.75, 3.05) is 0 Å². The highest BCUT2D eigenvalue weighted by molar-refractivity contribution is 7.15. The molecule has 5 rings (SSSR count). The molecule has 6 heteroatoms. The summed E-state index contributed by atoms with van der Waals surface area (Å²) in [5.41, 5.74) is 2.72. The van der Waals surface area contributed by atoms with Crippen LogP contribution < -0.4 is 14.8 Å². The average molecular weight is 411 g/mol. The molecule has 0 bridgehead atoms. The van der Waals surface area contributed by atoms with Crippen LogP contribution in [0.3, 0.4) is 0 Å². The second-order valence-electron chi connectivity index (χ2n) is 6.76. The number of aromatic nitrogens is 3. The number of fused-ring (bicyclic) bond motifs is 1. The molecule has 0 aliphatic carbocycles. The first-order chi connectivity index (χ1) is 14.8. The van der Waals surface area contributed by atoms with Gasteiger partial charge in [-0.15, -0.1) is 5.10 Å². The van der Waals surface area contributed by atoms with Gasteiger partial charge in [0.1, 0.15) is 12.4 Å². The zero-order valence-electron chi connectivity index (χ0n) is 15.9. The first-order valence-electron chi connectivity index (χ1n) is 9.50. The van der Waals surface area contributed by atoms with Gasteiger partial charge in [-0.2, -0.15) is 9.50 Å². The van der Waals surface area contributed by atoms with Gasteiger partial charge in [0, 0.05) is 5.56 Å². The highest BCUT2D eigenvalue weighted by Crippen LogP contribution is 2.17. The lowest BCUT2D eigenvalue weighted by Crippen LogP contribution is -2.23. The number of nitrogens with zero attached hydrogens (tertiary/aromatic N) is 3. The van der Waals surface area contributed by atoms with Crippen molar-refractivity contribution in [1.29, 1.82) is 0 Å². The molecule has 5 nitrogen and oxygen atoms in total. The summed E-state index contributed by atoms with van der Waals surface area (Å²) in [7, 11) is 0. The number of benzene rings is 3. The van der Waals surface area contributed by atoms with Crippen molar-refractivity contribution in [1.82, 2.24) is 14.6 Å². The van der Waals surface area contributed by atoms with Crippen LogP contribution >= 0.6 is 11.3 Å². The smallest absolute Gasteiger partial charge is 0.291 e. The first-order valence-corrected chi connectivity index (χ1v) is 10.3. The quantitative estimate of drug-likeness (QED) is 0.440. The maximum Gasteiger partial charge on any atom is 0.291 e. The lowest BCUT2D eigenvalue weighted by molar-refractivity contribution is 0.306. The Morgan fingerprint density at radius 1 is 0.933 bits per heavy atom. The van der Waals surface area contributed by atoms with Gasteiger partial charge in [-0.25, -0.2) is 0 Å². The summed E-state index contributed by atoms with van der Waals surface area (Å²) in [5, 5.41) is 4.38. The van der Waals surface area contributed by atoms with Gasteiger partial charge in [-0.3, -0.25) is 4.79 Å². The zero-order valence-corrected chi connectivity index (χ0v) is 16.8. The van der Waals surface area contributed by atoms with Crippen molar-refractivity contribution in [2.24, 2.45) is 0 Å². The van der Waals surface area contributed by atoms with Gasteiger partial charge in [-0.05, 0) is 29.3 Å². The van der Waals surface area contributed by atoms with Crippen molar-refractivity contribution < 1.29 is 4.74 Å². The van der Waals surface area contributed by atoms with Crippen LogP contribution in [0.4, 0.5) is 0 Å². The summed E-state index contributed by atoms with van der Waals surface area (Å²) in [4.78, 5) is 17.9. The van der Waals surface area contributed by atoms with Crippen LogP contribution in [-0.4, -0.2) is 14.6 Å². The van der Waals surface area contributed by atoms with Crippen LogP contribution in [-0.2, 0) is 6.61 Å². The van der Waals surface area contributed by atoms with E-state index in [1.54, 1.807) is 0 Å². The second-order valence-corrected chi connectivity index (χ2v) is 7.77.